The molecule has 1 saturated carbocycles. The average Bonchev–Trinajstić information content (AvgIpc) is 2.54. The van der Waals surface area contributed by atoms with Crippen molar-refractivity contribution in [2.75, 3.05) is 6.61 Å². The molecule has 1 aromatic heterocycles. The summed E-state index contributed by atoms with van der Waals surface area (Å²) < 4.78 is 11.5. The predicted octanol–water partition coefficient (Wildman–Crippen LogP) is 4.04. The third-order valence-corrected chi connectivity index (χ3v) is 5.24. The van der Waals surface area contributed by atoms with Crippen molar-refractivity contribution >= 4 is 23.4 Å². The van der Waals surface area contributed by atoms with Crippen molar-refractivity contribution in [2.45, 2.75) is 52.5 Å². The number of hydrogen-bond acceptors (Lipinski definition) is 4. The number of aryl methyl sites for hydroxylation is 2. The zero-order valence-corrected chi connectivity index (χ0v) is 15.4. The summed E-state index contributed by atoms with van der Waals surface area (Å²) in [6.07, 6.45) is 4.65. The lowest BCUT2D eigenvalue weighted by Crippen LogP contribution is -2.36. The highest BCUT2D eigenvalue weighted by Crippen LogP contribution is 2.30. The second-order valence-corrected chi connectivity index (χ2v) is 6.72. The first-order valence-corrected chi connectivity index (χ1v) is 8.41. The lowest BCUT2D eigenvalue weighted by atomic mass is 9.86. The molecule has 3 rings (SSSR count). The summed E-state index contributed by atoms with van der Waals surface area (Å²) in [5, 5.41) is 0.973. The van der Waals surface area contributed by atoms with Crippen LogP contribution in [0.25, 0.3) is 11.0 Å². The quantitative estimate of drug-likeness (QED) is 0.847. The Bertz CT molecular complexity index is 784. The van der Waals surface area contributed by atoms with Crippen LogP contribution in [-0.4, -0.2) is 12.6 Å². The Morgan fingerprint density at radius 2 is 1.83 bits per heavy atom. The monoisotopic (exact) mass is 351 g/mol. The molecule has 24 heavy (non-hydrogen) atoms. The number of rotatable bonds is 3. The molecule has 0 unspecified atom stereocenters. The van der Waals surface area contributed by atoms with Crippen molar-refractivity contribution in [3.63, 3.8) is 0 Å². The van der Waals surface area contributed by atoms with Crippen molar-refractivity contribution < 1.29 is 9.15 Å². The van der Waals surface area contributed by atoms with Gasteiger partial charge < -0.3 is 14.9 Å². The number of nitrogens with two attached hydrogens (primary N) is 1. The first-order chi connectivity index (χ1) is 11.0. The van der Waals surface area contributed by atoms with Gasteiger partial charge in [0.1, 0.15) is 11.3 Å². The number of ether oxygens (including phenoxy) is 1. The second kappa shape index (κ2) is 7.58. The van der Waals surface area contributed by atoms with Crippen LogP contribution in [0.2, 0.25) is 0 Å². The average molecular weight is 352 g/mol. The van der Waals surface area contributed by atoms with Gasteiger partial charge in [-0.3, -0.25) is 0 Å². The second-order valence-electron chi connectivity index (χ2n) is 6.72. The van der Waals surface area contributed by atoms with Gasteiger partial charge in [0.25, 0.3) is 0 Å². The minimum absolute atomic E-state index is 0. The van der Waals surface area contributed by atoms with E-state index in [2.05, 4.69) is 0 Å². The van der Waals surface area contributed by atoms with Gasteiger partial charge >= 0.3 is 5.63 Å². The van der Waals surface area contributed by atoms with Gasteiger partial charge in [0.2, 0.25) is 0 Å². The Morgan fingerprint density at radius 3 is 2.54 bits per heavy atom. The van der Waals surface area contributed by atoms with Crippen LogP contribution >= 0.6 is 12.4 Å². The molecule has 2 N–H and O–H groups in total. The number of hydrogen-bond donors (Lipinski definition) is 1. The zero-order valence-electron chi connectivity index (χ0n) is 14.6. The van der Waals surface area contributed by atoms with Gasteiger partial charge in [-0.15, -0.1) is 12.4 Å². The SMILES string of the molecule is Cc1c(C)c2ccc(OC[C@@H]3CCCC[C@@H]3N)c(C)c2oc1=O.Cl. The highest BCUT2D eigenvalue weighted by Gasteiger charge is 2.23. The summed E-state index contributed by atoms with van der Waals surface area (Å²) in [6, 6.07) is 4.18. The fraction of sp³-hybridized carbons (Fsp3) is 0.526. The molecule has 0 aliphatic heterocycles. The Labute approximate surface area is 148 Å². The fourth-order valence-corrected chi connectivity index (χ4v) is 3.42. The van der Waals surface area contributed by atoms with Crippen LogP contribution in [0.5, 0.6) is 5.75 Å². The molecule has 2 aromatic rings. The van der Waals surface area contributed by atoms with Crippen LogP contribution in [0.4, 0.5) is 0 Å². The van der Waals surface area contributed by atoms with Crippen LogP contribution in [0.3, 0.4) is 0 Å². The van der Waals surface area contributed by atoms with Gasteiger partial charge in [-0.1, -0.05) is 12.8 Å². The summed E-state index contributed by atoms with van der Waals surface area (Å²) in [7, 11) is 0. The van der Waals surface area contributed by atoms with E-state index >= 15 is 0 Å². The Morgan fingerprint density at radius 1 is 1.12 bits per heavy atom. The third-order valence-electron chi connectivity index (χ3n) is 5.24. The molecule has 0 saturated heterocycles. The summed E-state index contributed by atoms with van der Waals surface area (Å²) >= 11 is 0. The topological polar surface area (TPSA) is 65.5 Å². The summed E-state index contributed by atoms with van der Waals surface area (Å²) in [4.78, 5) is 11.9. The molecule has 1 fully saturated rings. The van der Waals surface area contributed by atoms with Crippen LogP contribution in [0.15, 0.2) is 21.3 Å². The van der Waals surface area contributed by atoms with Gasteiger partial charge in [0, 0.05) is 28.5 Å². The highest BCUT2D eigenvalue weighted by molar-refractivity contribution is 5.85. The van der Waals surface area contributed by atoms with E-state index in [0.29, 0.717) is 23.7 Å². The molecular weight excluding hydrogens is 326 g/mol. The number of fused-ring (bicyclic) bond motifs is 1. The molecule has 5 heteroatoms. The molecule has 0 amide bonds. The molecule has 1 aliphatic carbocycles. The molecule has 1 heterocycles. The van der Waals surface area contributed by atoms with Gasteiger partial charge in [0.15, 0.2) is 0 Å². The van der Waals surface area contributed by atoms with E-state index in [4.69, 9.17) is 14.9 Å². The van der Waals surface area contributed by atoms with Crippen LogP contribution in [0.1, 0.15) is 42.4 Å². The largest absolute Gasteiger partial charge is 0.493 e. The molecule has 4 nitrogen and oxygen atoms in total. The fourth-order valence-electron chi connectivity index (χ4n) is 3.42. The van der Waals surface area contributed by atoms with Gasteiger partial charge in [0.05, 0.1) is 6.61 Å². The van der Waals surface area contributed by atoms with Gasteiger partial charge in [-0.25, -0.2) is 4.79 Å². The zero-order chi connectivity index (χ0) is 16.6. The normalized spacial score (nSPS) is 20.7. The number of halogens is 1. The van der Waals surface area contributed by atoms with Crippen LogP contribution < -0.4 is 16.1 Å². The molecule has 2 atom stereocenters. The summed E-state index contributed by atoms with van der Waals surface area (Å²) in [5.74, 6) is 1.19. The van der Waals surface area contributed by atoms with Gasteiger partial charge in [-0.2, -0.15) is 0 Å². The minimum atomic E-state index is -0.274. The van der Waals surface area contributed by atoms with E-state index in [9.17, 15) is 4.79 Å². The maximum Gasteiger partial charge on any atom is 0.339 e. The summed E-state index contributed by atoms with van der Waals surface area (Å²) in [5.41, 5.74) is 9.06. The Kier molecular flexibility index (Phi) is 5.94. The lowest BCUT2D eigenvalue weighted by molar-refractivity contribution is 0.187. The molecule has 0 spiro atoms. The van der Waals surface area contributed by atoms with Gasteiger partial charge in [-0.05, 0) is 51.3 Å². The maximum atomic E-state index is 11.9. The molecule has 0 radical (unpaired) electrons. The Hall–Kier alpha value is -1.52. The third kappa shape index (κ3) is 3.45. The maximum absolute atomic E-state index is 11.9. The van der Waals surface area contributed by atoms with Crippen molar-refractivity contribution in [1.29, 1.82) is 0 Å². The van der Waals surface area contributed by atoms with Crippen molar-refractivity contribution in [1.82, 2.24) is 0 Å². The lowest BCUT2D eigenvalue weighted by Gasteiger charge is -2.28. The van der Waals surface area contributed by atoms with E-state index in [1.165, 1.54) is 12.8 Å². The predicted molar refractivity (Wildman–Crippen MR) is 99.4 cm³/mol. The van der Waals surface area contributed by atoms with E-state index in [-0.39, 0.29) is 24.1 Å². The standard InChI is InChI=1S/C19H25NO3.ClH/c1-11-12(2)19(21)23-18-13(3)17(9-8-15(11)18)22-10-14-6-4-5-7-16(14)20;/h8-9,14,16H,4-7,10,20H2,1-3H3;1H/t14-,16-;/m0./s1. The van der Waals surface area contributed by atoms with E-state index in [1.54, 1.807) is 6.92 Å². The van der Waals surface area contributed by atoms with Crippen LogP contribution in [0, 0.1) is 26.7 Å². The number of benzene rings is 1. The van der Waals surface area contributed by atoms with Crippen molar-refractivity contribution in [3.05, 3.63) is 39.2 Å². The highest BCUT2D eigenvalue weighted by atomic mass is 35.5. The molecular formula is C19H26ClNO3. The van der Waals surface area contributed by atoms with E-state index < -0.39 is 0 Å². The van der Waals surface area contributed by atoms with Crippen molar-refractivity contribution in [2.24, 2.45) is 11.7 Å². The first-order valence-electron chi connectivity index (χ1n) is 8.41. The molecule has 0 bridgehead atoms. The van der Waals surface area contributed by atoms with Crippen LogP contribution in [-0.2, 0) is 0 Å². The molecule has 1 aliphatic rings. The molecule has 1 aromatic carbocycles. The first kappa shape index (κ1) is 18.8. The van der Waals surface area contributed by atoms with E-state index in [1.807, 2.05) is 26.0 Å². The van der Waals surface area contributed by atoms with E-state index in [0.717, 1.165) is 35.1 Å². The Balaban J connectivity index is 0.00000208. The smallest absolute Gasteiger partial charge is 0.339 e. The van der Waals surface area contributed by atoms with Crippen molar-refractivity contribution in [3.8, 4) is 5.75 Å². The summed E-state index contributed by atoms with van der Waals surface area (Å²) in [6.45, 7) is 6.32. The molecule has 132 valence electrons. The minimum Gasteiger partial charge on any atom is -0.493 e.